The predicted octanol–water partition coefficient (Wildman–Crippen LogP) is 4.41. The molecule has 0 saturated carbocycles. The first-order valence-corrected chi connectivity index (χ1v) is 7.89. The summed E-state index contributed by atoms with van der Waals surface area (Å²) in [5, 5.41) is 0. The van der Waals surface area contributed by atoms with E-state index in [-0.39, 0.29) is 0 Å². The van der Waals surface area contributed by atoms with Gasteiger partial charge in [-0.2, -0.15) is 0 Å². The van der Waals surface area contributed by atoms with Gasteiger partial charge in [0.25, 0.3) is 0 Å². The summed E-state index contributed by atoms with van der Waals surface area (Å²) in [4.78, 5) is 0. The summed E-state index contributed by atoms with van der Waals surface area (Å²) in [5.41, 5.74) is 6.42. The minimum atomic E-state index is 0.681. The highest BCUT2D eigenvalue weighted by Crippen LogP contribution is 2.14. The second-order valence-corrected chi connectivity index (χ2v) is 5.15. The van der Waals surface area contributed by atoms with Crippen LogP contribution in [0.25, 0.3) is 0 Å². The number of nitrogen functional groups attached to an aromatic ring is 1. The number of benzene rings is 1. The van der Waals surface area contributed by atoms with E-state index in [1.54, 1.807) is 0 Å². The lowest BCUT2D eigenvalue weighted by Crippen LogP contribution is -2.04. The summed E-state index contributed by atoms with van der Waals surface area (Å²) >= 11 is 0. The van der Waals surface area contributed by atoms with Gasteiger partial charge >= 0.3 is 0 Å². The van der Waals surface area contributed by atoms with E-state index in [1.165, 1.54) is 38.5 Å². The van der Waals surface area contributed by atoms with E-state index in [4.69, 9.17) is 15.2 Å². The average Bonchev–Trinajstić information content (AvgIpc) is 2.45. The van der Waals surface area contributed by atoms with Crippen LogP contribution in [-0.4, -0.2) is 19.8 Å². The number of anilines is 1. The molecule has 0 unspecified atom stereocenters. The monoisotopic (exact) mass is 279 g/mol. The van der Waals surface area contributed by atoms with Gasteiger partial charge in [0.2, 0.25) is 0 Å². The van der Waals surface area contributed by atoms with Gasteiger partial charge in [0, 0.05) is 31.4 Å². The van der Waals surface area contributed by atoms with Crippen LogP contribution in [-0.2, 0) is 4.74 Å². The van der Waals surface area contributed by atoms with Gasteiger partial charge in [0.1, 0.15) is 5.75 Å². The van der Waals surface area contributed by atoms with E-state index in [1.807, 2.05) is 24.3 Å². The van der Waals surface area contributed by atoms with Crippen LogP contribution in [0.1, 0.15) is 51.9 Å². The Hall–Kier alpha value is -1.22. The van der Waals surface area contributed by atoms with Gasteiger partial charge in [0.05, 0.1) is 6.61 Å². The molecule has 0 bridgehead atoms. The lowest BCUT2D eigenvalue weighted by molar-refractivity contribution is 0.116. The highest BCUT2D eigenvalue weighted by molar-refractivity contribution is 5.43. The Morgan fingerprint density at radius 2 is 1.65 bits per heavy atom. The molecule has 3 heteroatoms. The van der Waals surface area contributed by atoms with Crippen LogP contribution in [0.2, 0.25) is 0 Å². The van der Waals surface area contributed by atoms with Crippen molar-refractivity contribution in [3.63, 3.8) is 0 Å². The third-order valence-corrected chi connectivity index (χ3v) is 3.20. The van der Waals surface area contributed by atoms with E-state index in [9.17, 15) is 0 Å². The van der Waals surface area contributed by atoms with Gasteiger partial charge in [-0.25, -0.2) is 0 Å². The number of hydrogen-bond acceptors (Lipinski definition) is 3. The third-order valence-electron chi connectivity index (χ3n) is 3.20. The lowest BCUT2D eigenvalue weighted by Gasteiger charge is -2.07. The van der Waals surface area contributed by atoms with Crippen molar-refractivity contribution < 1.29 is 9.47 Å². The Kier molecular flexibility index (Phi) is 9.76. The highest BCUT2D eigenvalue weighted by atomic mass is 16.5. The SMILES string of the molecule is CCCCCCCCOCCCOc1cccc(N)c1. The molecule has 3 nitrogen and oxygen atoms in total. The number of nitrogens with two attached hydrogens (primary N) is 1. The molecule has 1 aromatic rings. The summed E-state index contributed by atoms with van der Waals surface area (Å²) < 4.78 is 11.2. The smallest absolute Gasteiger partial charge is 0.121 e. The van der Waals surface area contributed by atoms with E-state index < -0.39 is 0 Å². The van der Waals surface area contributed by atoms with Crippen molar-refractivity contribution in [2.75, 3.05) is 25.6 Å². The molecule has 0 aliphatic rings. The van der Waals surface area contributed by atoms with Crippen LogP contribution < -0.4 is 10.5 Å². The summed E-state index contributed by atoms with van der Waals surface area (Å²) in [6.45, 7) is 4.58. The molecule has 0 amide bonds. The van der Waals surface area contributed by atoms with Gasteiger partial charge in [-0.1, -0.05) is 45.1 Å². The van der Waals surface area contributed by atoms with Crippen LogP contribution in [0, 0.1) is 0 Å². The third kappa shape index (κ3) is 8.81. The lowest BCUT2D eigenvalue weighted by atomic mass is 10.1. The number of ether oxygens (including phenoxy) is 2. The van der Waals surface area contributed by atoms with Gasteiger partial charge in [-0.15, -0.1) is 0 Å². The van der Waals surface area contributed by atoms with Crippen molar-refractivity contribution in [2.45, 2.75) is 51.9 Å². The Bertz CT molecular complexity index is 342. The fraction of sp³-hybridized carbons (Fsp3) is 0.647. The zero-order valence-corrected chi connectivity index (χ0v) is 12.8. The Morgan fingerprint density at radius 3 is 2.45 bits per heavy atom. The summed E-state index contributed by atoms with van der Waals surface area (Å²) in [7, 11) is 0. The summed E-state index contributed by atoms with van der Waals surface area (Å²) in [6.07, 6.45) is 8.77. The van der Waals surface area contributed by atoms with E-state index in [0.717, 1.165) is 31.1 Å². The minimum Gasteiger partial charge on any atom is -0.493 e. The molecule has 0 aliphatic heterocycles. The molecule has 0 atom stereocenters. The van der Waals surface area contributed by atoms with Crippen molar-refractivity contribution in [3.8, 4) is 5.75 Å². The van der Waals surface area contributed by atoms with Crippen molar-refractivity contribution >= 4 is 5.69 Å². The number of unbranched alkanes of at least 4 members (excludes halogenated alkanes) is 5. The van der Waals surface area contributed by atoms with Crippen LogP contribution in [0.15, 0.2) is 24.3 Å². The maximum atomic E-state index is 5.68. The molecule has 20 heavy (non-hydrogen) atoms. The topological polar surface area (TPSA) is 44.5 Å². The first-order chi connectivity index (χ1) is 9.83. The maximum absolute atomic E-state index is 5.68. The van der Waals surface area contributed by atoms with E-state index >= 15 is 0 Å². The number of rotatable bonds is 12. The molecular formula is C17H29NO2. The predicted molar refractivity (Wildman–Crippen MR) is 85.2 cm³/mol. The standard InChI is InChI=1S/C17H29NO2/c1-2-3-4-5-6-7-12-19-13-9-14-20-17-11-8-10-16(18)15-17/h8,10-11,15H,2-7,9,12-14,18H2,1H3. The fourth-order valence-corrected chi connectivity index (χ4v) is 2.04. The van der Waals surface area contributed by atoms with Gasteiger partial charge in [-0.05, 0) is 18.6 Å². The van der Waals surface area contributed by atoms with Gasteiger partial charge in [-0.3, -0.25) is 0 Å². The second kappa shape index (κ2) is 11.6. The molecular weight excluding hydrogens is 250 g/mol. The summed E-state index contributed by atoms with van der Waals surface area (Å²) in [6, 6.07) is 7.53. The zero-order valence-electron chi connectivity index (χ0n) is 12.8. The largest absolute Gasteiger partial charge is 0.493 e. The normalized spacial score (nSPS) is 10.7. The van der Waals surface area contributed by atoms with Crippen molar-refractivity contribution in [1.82, 2.24) is 0 Å². The van der Waals surface area contributed by atoms with Gasteiger partial charge in [0.15, 0.2) is 0 Å². The van der Waals surface area contributed by atoms with E-state index in [2.05, 4.69) is 6.92 Å². The summed E-state index contributed by atoms with van der Waals surface area (Å²) in [5.74, 6) is 0.834. The van der Waals surface area contributed by atoms with Crippen molar-refractivity contribution in [3.05, 3.63) is 24.3 Å². The first kappa shape index (κ1) is 16.8. The molecule has 1 aromatic carbocycles. The molecule has 0 radical (unpaired) electrons. The van der Waals surface area contributed by atoms with Crippen LogP contribution in [0.3, 0.4) is 0 Å². The second-order valence-electron chi connectivity index (χ2n) is 5.15. The molecule has 0 saturated heterocycles. The molecule has 114 valence electrons. The fourth-order valence-electron chi connectivity index (χ4n) is 2.04. The van der Waals surface area contributed by atoms with Crippen LogP contribution in [0.4, 0.5) is 5.69 Å². The highest BCUT2D eigenvalue weighted by Gasteiger charge is 1.95. The molecule has 0 heterocycles. The molecule has 2 N–H and O–H groups in total. The minimum absolute atomic E-state index is 0.681. The Balaban J connectivity index is 1.85. The van der Waals surface area contributed by atoms with Crippen LogP contribution >= 0.6 is 0 Å². The first-order valence-electron chi connectivity index (χ1n) is 7.89. The Labute approximate surface area is 123 Å². The van der Waals surface area contributed by atoms with Crippen molar-refractivity contribution in [1.29, 1.82) is 0 Å². The van der Waals surface area contributed by atoms with Gasteiger partial charge < -0.3 is 15.2 Å². The van der Waals surface area contributed by atoms with Crippen LogP contribution in [0.5, 0.6) is 5.75 Å². The maximum Gasteiger partial charge on any atom is 0.121 e. The van der Waals surface area contributed by atoms with E-state index in [0.29, 0.717) is 6.61 Å². The van der Waals surface area contributed by atoms with Crippen molar-refractivity contribution in [2.24, 2.45) is 0 Å². The molecule has 0 spiro atoms. The Morgan fingerprint density at radius 1 is 0.900 bits per heavy atom. The molecule has 0 aromatic heterocycles. The quantitative estimate of drug-likeness (QED) is 0.455. The molecule has 1 rings (SSSR count). The number of hydrogen-bond donors (Lipinski definition) is 1. The molecule has 0 aliphatic carbocycles. The average molecular weight is 279 g/mol. The zero-order chi connectivity index (χ0) is 14.5. The molecule has 0 fully saturated rings.